The van der Waals surface area contributed by atoms with Crippen molar-refractivity contribution in [3.8, 4) is 0 Å². The third-order valence-electron chi connectivity index (χ3n) is 2.53. The van der Waals surface area contributed by atoms with Crippen molar-refractivity contribution < 1.29 is 8.42 Å². The number of sulfonamides is 1. The molecular formula is C10H14N4O2S. The fourth-order valence-electron chi connectivity index (χ4n) is 1.61. The Morgan fingerprint density at radius 2 is 1.71 bits per heavy atom. The normalized spacial score (nSPS) is 16.9. The van der Waals surface area contributed by atoms with E-state index in [2.05, 4.69) is 10.3 Å². The van der Waals surface area contributed by atoms with Gasteiger partial charge in [0.1, 0.15) is 0 Å². The van der Waals surface area contributed by atoms with Crippen LogP contribution in [0.4, 0.5) is 5.69 Å². The van der Waals surface area contributed by atoms with Gasteiger partial charge in [-0.3, -0.25) is 5.01 Å². The Hall–Kier alpha value is -1.47. The summed E-state index contributed by atoms with van der Waals surface area (Å²) >= 11 is 0. The van der Waals surface area contributed by atoms with Crippen LogP contribution < -0.4 is 5.14 Å². The van der Waals surface area contributed by atoms with Crippen LogP contribution in [-0.4, -0.2) is 26.5 Å². The molecule has 0 amide bonds. The van der Waals surface area contributed by atoms with Crippen LogP contribution in [0.3, 0.4) is 0 Å². The van der Waals surface area contributed by atoms with Gasteiger partial charge in [0.05, 0.1) is 10.6 Å². The molecule has 1 fully saturated rings. The van der Waals surface area contributed by atoms with Crippen LogP contribution >= 0.6 is 0 Å². The maximum absolute atomic E-state index is 11.0. The predicted octanol–water partition coefficient (Wildman–Crippen LogP) is 1.43. The highest BCUT2D eigenvalue weighted by Crippen LogP contribution is 2.17. The number of benzene rings is 1. The van der Waals surface area contributed by atoms with E-state index < -0.39 is 10.0 Å². The molecule has 2 N–H and O–H groups in total. The Bertz CT molecular complexity index is 504. The summed E-state index contributed by atoms with van der Waals surface area (Å²) in [5, 5.41) is 15.0. The zero-order valence-corrected chi connectivity index (χ0v) is 10.1. The van der Waals surface area contributed by atoms with Gasteiger partial charge in [-0.15, -0.1) is 5.11 Å². The molecule has 1 aromatic rings. The zero-order chi connectivity index (χ0) is 12.3. The molecule has 0 atom stereocenters. The van der Waals surface area contributed by atoms with Crippen LogP contribution in [0.2, 0.25) is 0 Å². The van der Waals surface area contributed by atoms with E-state index in [0.29, 0.717) is 5.69 Å². The molecular weight excluding hydrogens is 240 g/mol. The minimum Gasteiger partial charge on any atom is -0.278 e. The van der Waals surface area contributed by atoms with E-state index >= 15 is 0 Å². The molecule has 0 aliphatic carbocycles. The van der Waals surface area contributed by atoms with Crippen molar-refractivity contribution in [3.63, 3.8) is 0 Å². The van der Waals surface area contributed by atoms with Gasteiger partial charge in [-0.05, 0) is 37.1 Å². The topological polar surface area (TPSA) is 88.1 Å². The summed E-state index contributed by atoms with van der Waals surface area (Å²) in [5.41, 5.74) is 0.615. The number of nitrogens with two attached hydrogens (primary N) is 1. The smallest absolute Gasteiger partial charge is 0.238 e. The van der Waals surface area contributed by atoms with Gasteiger partial charge in [0.25, 0.3) is 0 Å². The molecule has 17 heavy (non-hydrogen) atoms. The molecule has 0 spiro atoms. The first kappa shape index (κ1) is 12.0. The number of rotatable bonds is 3. The highest BCUT2D eigenvalue weighted by molar-refractivity contribution is 7.89. The number of primary sulfonamides is 1. The second kappa shape index (κ2) is 4.80. The van der Waals surface area contributed by atoms with Gasteiger partial charge in [0, 0.05) is 13.1 Å². The molecule has 7 heteroatoms. The zero-order valence-electron chi connectivity index (χ0n) is 9.28. The van der Waals surface area contributed by atoms with Crippen LogP contribution in [0, 0.1) is 0 Å². The average Bonchev–Trinajstić information content (AvgIpc) is 2.78. The monoisotopic (exact) mass is 254 g/mol. The lowest BCUT2D eigenvalue weighted by molar-refractivity contribution is 0.336. The van der Waals surface area contributed by atoms with Crippen LogP contribution in [0.15, 0.2) is 39.5 Å². The first-order chi connectivity index (χ1) is 8.05. The summed E-state index contributed by atoms with van der Waals surface area (Å²) in [6.45, 7) is 1.86. The average molecular weight is 254 g/mol. The number of hydrogen-bond acceptors (Lipinski definition) is 4. The lowest BCUT2D eigenvalue weighted by Crippen LogP contribution is -2.11. The van der Waals surface area contributed by atoms with Gasteiger partial charge >= 0.3 is 0 Å². The Labute approximate surface area is 100 Å². The maximum atomic E-state index is 11.0. The third kappa shape index (κ3) is 3.24. The molecule has 92 valence electrons. The van der Waals surface area contributed by atoms with Crippen LogP contribution in [0.1, 0.15) is 12.8 Å². The molecule has 0 radical (unpaired) electrons. The first-order valence-corrected chi connectivity index (χ1v) is 6.90. The van der Waals surface area contributed by atoms with Crippen molar-refractivity contribution in [1.29, 1.82) is 0 Å². The molecule has 0 bridgehead atoms. The first-order valence-electron chi connectivity index (χ1n) is 5.35. The third-order valence-corrected chi connectivity index (χ3v) is 3.46. The molecule has 1 saturated heterocycles. The quantitative estimate of drug-likeness (QED) is 0.827. The fourth-order valence-corrected chi connectivity index (χ4v) is 2.12. The van der Waals surface area contributed by atoms with Crippen LogP contribution in [0.5, 0.6) is 0 Å². The molecule has 1 heterocycles. The van der Waals surface area contributed by atoms with Crippen molar-refractivity contribution >= 4 is 15.7 Å². The predicted molar refractivity (Wildman–Crippen MR) is 63.1 cm³/mol. The van der Waals surface area contributed by atoms with Gasteiger partial charge in [-0.2, -0.15) is 0 Å². The van der Waals surface area contributed by atoms with Gasteiger partial charge < -0.3 is 0 Å². The van der Waals surface area contributed by atoms with Crippen molar-refractivity contribution in [2.24, 2.45) is 15.5 Å². The standard InChI is InChI=1S/C10H14N4O2S/c11-17(15,16)10-5-3-9(4-6-10)12-13-14-7-1-2-8-14/h3-6H,1-2,7-8H2,(H2,11,15,16). The van der Waals surface area contributed by atoms with E-state index in [-0.39, 0.29) is 4.90 Å². The molecule has 6 nitrogen and oxygen atoms in total. The minimum atomic E-state index is -3.63. The van der Waals surface area contributed by atoms with Gasteiger partial charge in [-0.1, -0.05) is 5.22 Å². The van der Waals surface area contributed by atoms with E-state index in [4.69, 9.17) is 5.14 Å². The summed E-state index contributed by atoms with van der Waals surface area (Å²) < 4.78 is 22.1. The lowest BCUT2D eigenvalue weighted by atomic mass is 10.3. The Morgan fingerprint density at radius 1 is 1.12 bits per heavy atom. The largest absolute Gasteiger partial charge is 0.278 e. The van der Waals surface area contributed by atoms with E-state index in [1.165, 1.54) is 12.1 Å². The number of nitrogens with zero attached hydrogens (tertiary/aromatic N) is 3. The maximum Gasteiger partial charge on any atom is 0.238 e. The summed E-state index contributed by atoms with van der Waals surface area (Å²) in [7, 11) is -3.63. The fraction of sp³-hybridized carbons (Fsp3) is 0.400. The van der Waals surface area contributed by atoms with Gasteiger partial charge in [0.15, 0.2) is 0 Å². The van der Waals surface area contributed by atoms with Crippen molar-refractivity contribution in [2.45, 2.75) is 17.7 Å². The molecule has 2 rings (SSSR count). The molecule has 1 aliphatic rings. The Morgan fingerprint density at radius 3 is 2.24 bits per heavy atom. The minimum absolute atomic E-state index is 0.0811. The SMILES string of the molecule is NS(=O)(=O)c1ccc(N=NN2CCCC2)cc1. The summed E-state index contributed by atoms with van der Waals surface area (Å²) in [5.74, 6) is 0. The highest BCUT2D eigenvalue weighted by Gasteiger charge is 2.09. The summed E-state index contributed by atoms with van der Waals surface area (Å²) in [6.07, 6.45) is 2.28. The van der Waals surface area contributed by atoms with Crippen molar-refractivity contribution in [1.82, 2.24) is 5.01 Å². The van der Waals surface area contributed by atoms with E-state index in [9.17, 15) is 8.42 Å². The van der Waals surface area contributed by atoms with Crippen molar-refractivity contribution in [2.75, 3.05) is 13.1 Å². The molecule has 1 aromatic carbocycles. The molecule has 0 aromatic heterocycles. The van der Waals surface area contributed by atoms with Gasteiger partial charge in [-0.25, -0.2) is 13.6 Å². The van der Waals surface area contributed by atoms with E-state index in [0.717, 1.165) is 25.9 Å². The summed E-state index contributed by atoms with van der Waals surface area (Å²) in [4.78, 5) is 0.0811. The Balaban J connectivity index is 2.08. The molecule has 0 saturated carbocycles. The van der Waals surface area contributed by atoms with E-state index in [1.807, 2.05) is 5.01 Å². The van der Waals surface area contributed by atoms with Gasteiger partial charge in [0.2, 0.25) is 10.0 Å². The van der Waals surface area contributed by atoms with E-state index in [1.54, 1.807) is 12.1 Å². The second-order valence-corrected chi connectivity index (χ2v) is 5.45. The second-order valence-electron chi connectivity index (χ2n) is 3.89. The summed E-state index contributed by atoms with van der Waals surface area (Å²) in [6, 6.07) is 6.01. The Kier molecular flexibility index (Phi) is 3.39. The highest BCUT2D eigenvalue weighted by atomic mass is 32.2. The lowest BCUT2D eigenvalue weighted by Gasteiger charge is -2.06. The molecule has 1 aliphatic heterocycles. The number of hydrogen-bond donors (Lipinski definition) is 1. The van der Waals surface area contributed by atoms with Crippen molar-refractivity contribution in [3.05, 3.63) is 24.3 Å². The molecule has 0 unspecified atom stereocenters. The van der Waals surface area contributed by atoms with Crippen LogP contribution in [0.25, 0.3) is 0 Å². The van der Waals surface area contributed by atoms with Crippen LogP contribution in [-0.2, 0) is 10.0 Å².